The molecule has 0 fully saturated rings. The average Bonchev–Trinajstić information content (AvgIpc) is 2.94. The standard InChI is InChI=1S/C15H16N3PS/c1-2-13-17-11-7-8-20-14(11)15(18-13)16-9-10-5-3-4-6-12(10)19/h3-8H,2,9,19H2,1H3,(H,16,17,18). The summed E-state index contributed by atoms with van der Waals surface area (Å²) in [6, 6.07) is 10.4. The van der Waals surface area contributed by atoms with E-state index in [0.29, 0.717) is 0 Å². The monoisotopic (exact) mass is 301 g/mol. The van der Waals surface area contributed by atoms with Crippen molar-refractivity contribution in [1.82, 2.24) is 9.97 Å². The second kappa shape index (κ2) is 5.86. The summed E-state index contributed by atoms with van der Waals surface area (Å²) >= 11 is 1.68. The molecule has 3 aromatic rings. The van der Waals surface area contributed by atoms with Gasteiger partial charge < -0.3 is 5.32 Å². The van der Waals surface area contributed by atoms with Gasteiger partial charge in [-0.15, -0.1) is 20.6 Å². The second-order valence-electron chi connectivity index (χ2n) is 4.53. The fourth-order valence-corrected chi connectivity index (χ4v) is 3.17. The Hall–Kier alpha value is -1.51. The molecule has 0 amide bonds. The van der Waals surface area contributed by atoms with Crippen LogP contribution in [0, 0.1) is 0 Å². The first-order valence-electron chi connectivity index (χ1n) is 6.59. The maximum Gasteiger partial charge on any atom is 0.148 e. The molecule has 0 bridgehead atoms. The van der Waals surface area contributed by atoms with Crippen LogP contribution >= 0.6 is 20.6 Å². The predicted molar refractivity (Wildman–Crippen MR) is 89.9 cm³/mol. The number of hydrogen-bond donors (Lipinski definition) is 1. The van der Waals surface area contributed by atoms with Gasteiger partial charge in [0.2, 0.25) is 0 Å². The average molecular weight is 301 g/mol. The van der Waals surface area contributed by atoms with Crippen LogP contribution in [0.25, 0.3) is 10.2 Å². The molecule has 0 saturated heterocycles. The number of nitrogens with one attached hydrogen (secondary N) is 1. The normalized spacial score (nSPS) is 10.9. The molecule has 1 unspecified atom stereocenters. The smallest absolute Gasteiger partial charge is 0.148 e. The van der Waals surface area contributed by atoms with Crippen molar-refractivity contribution in [2.24, 2.45) is 0 Å². The molecule has 0 saturated carbocycles. The lowest BCUT2D eigenvalue weighted by Crippen LogP contribution is -2.09. The molecule has 1 N–H and O–H groups in total. The number of nitrogens with zero attached hydrogens (tertiary/aromatic N) is 2. The van der Waals surface area contributed by atoms with Crippen LogP contribution in [0.5, 0.6) is 0 Å². The van der Waals surface area contributed by atoms with Crippen molar-refractivity contribution in [1.29, 1.82) is 0 Å². The van der Waals surface area contributed by atoms with Crippen molar-refractivity contribution in [2.45, 2.75) is 19.9 Å². The number of fused-ring (bicyclic) bond motifs is 1. The predicted octanol–water partition coefficient (Wildman–Crippen LogP) is 3.37. The van der Waals surface area contributed by atoms with E-state index in [2.05, 4.69) is 61.1 Å². The highest BCUT2D eigenvalue weighted by atomic mass is 32.1. The summed E-state index contributed by atoms with van der Waals surface area (Å²) in [6.45, 7) is 2.85. The zero-order valence-electron chi connectivity index (χ0n) is 11.3. The van der Waals surface area contributed by atoms with E-state index < -0.39 is 0 Å². The number of hydrogen-bond acceptors (Lipinski definition) is 4. The summed E-state index contributed by atoms with van der Waals surface area (Å²) in [4.78, 5) is 9.16. The summed E-state index contributed by atoms with van der Waals surface area (Å²) < 4.78 is 1.13. The van der Waals surface area contributed by atoms with E-state index in [1.807, 2.05) is 6.07 Å². The summed E-state index contributed by atoms with van der Waals surface area (Å²) in [5.74, 6) is 1.83. The maximum absolute atomic E-state index is 4.62. The quantitative estimate of drug-likeness (QED) is 0.751. The molecule has 0 aliphatic rings. The van der Waals surface area contributed by atoms with Crippen LogP contribution in [0.3, 0.4) is 0 Å². The minimum atomic E-state index is 0.771. The van der Waals surface area contributed by atoms with Crippen LogP contribution in [0.15, 0.2) is 35.7 Å². The number of rotatable bonds is 4. The lowest BCUT2D eigenvalue weighted by Gasteiger charge is -2.10. The van der Waals surface area contributed by atoms with Crippen molar-refractivity contribution in [3.05, 3.63) is 47.1 Å². The van der Waals surface area contributed by atoms with Gasteiger partial charge in [0.25, 0.3) is 0 Å². The third-order valence-electron chi connectivity index (χ3n) is 3.17. The van der Waals surface area contributed by atoms with Crippen LogP contribution in [0.2, 0.25) is 0 Å². The Balaban J connectivity index is 1.90. The van der Waals surface area contributed by atoms with Crippen molar-refractivity contribution >= 4 is 41.9 Å². The zero-order chi connectivity index (χ0) is 13.9. The number of aryl methyl sites for hydroxylation is 1. The molecule has 3 nitrogen and oxygen atoms in total. The van der Waals surface area contributed by atoms with Crippen molar-refractivity contribution < 1.29 is 0 Å². The minimum absolute atomic E-state index is 0.771. The molecule has 0 radical (unpaired) electrons. The summed E-state index contributed by atoms with van der Waals surface area (Å²) in [7, 11) is 2.77. The maximum atomic E-state index is 4.62. The van der Waals surface area contributed by atoms with Crippen LogP contribution in [-0.2, 0) is 13.0 Å². The zero-order valence-corrected chi connectivity index (χ0v) is 13.2. The van der Waals surface area contributed by atoms with E-state index in [9.17, 15) is 0 Å². The first kappa shape index (κ1) is 13.5. The number of anilines is 1. The number of benzene rings is 1. The highest BCUT2D eigenvalue weighted by Gasteiger charge is 2.08. The van der Waals surface area contributed by atoms with Gasteiger partial charge in [0.1, 0.15) is 11.6 Å². The molecule has 1 atom stereocenters. The molecule has 0 spiro atoms. The van der Waals surface area contributed by atoms with Gasteiger partial charge in [0, 0.05) is 13.0 Å². The van der Waals surface area contributed by atoms with Gasteiger partial charge in [-0.1, -0.05) is 31.2 Å². The molecular formula is C15H16N3PS. The summed E-state index contributed by atoms with van der Waals surface area (Å²) in [5.41, 5.74) is 2.29. The molecule has 5 heteroatoms. The molecule has 2 aromatic heterocycles. The highest BCUT2D eigenvalue weighted by molar-refractivity contribution is 7.27. The van der Waals surface area contributed by atoms with Crippen LogP contribution in [-0.4, -0.2) is 9.97 Å². The topological polar surface area (TPSA) is 37.8 Å². The van der Waals surface area contributed by atoms with Crippen molar-refractivity contribution in [3.63, 3.8) is 0 Å². The third kappa shape index (κ3) is 2.67. The summed E-state index contributed by atoms with van der Waals surface area (Å²) in [5, 5.41) is 6.73. The Bertz CT molecular complexity index is 739. The molecule has 0 aliphatic heterocycles. The van der Waals surface area contributed by atoms with Gasteiger partial charge in [0.05, 0.1) is 10.2 Å². The van der Waals surface area contributed by atoms with Crippen molar-refractivity contribution in [3.8, 4) is 0 Å². The van der Waals surface area contributed by atoms with Gasteiger partial charge >= 0.3 is 0 Å². The molecular weight excluding hydrogens is 285 g/mol. The van der Waals surface area contributed by atoms with E-state index in [-0.39, 0.29) is 0 Å². The van der Waals surface area contributed by atoms with Gasteiger partial charge in [-0.2, -0.15) is 0 Å². The molecule has 102 valence electrons. The first-order valence-corrected chi connectivity index (χ1v) is 8.05. The van der Waals surface area contributed by atoms with Gasteiger partial charge in [-0.3, -0.25) is 0 Å². The van der Waals surface area contributed by atoms with E-state index in [1.165, 1.54) is 10.9 Å². The van der Waals surface area contributed by atoms with Gasteiger partial charge in [0.15, 0.2) is 0 Å². The Morgan fingerprint density at radius 3 is 2.85 bits per heavy atom. The van der Waals surface area contributed by atoms with Crippen LogP contribution in [0.1, 0.15) is 18.3 Å². The van der Waals surface area contributed by atoms with Crippen LogP contribution < -0.4 is 10.6 Å². The lowest BCUT2D eigenvalue weighted by atomic mass is 10.2. The Morgan fingerprint density at radius 2 is 2.05 bits per heavy atom. The first-order chi connectivity index (χ1) is 9.78. The molecule has 1 aromatic carbocycles. The largest absolute Gasteiger partial charge is 0.365 e. The van der Waals surface area contributed by atoms with Gasteiger partial charge in [-0.25, -0.2) is 9.97 Å². The Kier molecular flexibility index (Phi) is 3.95. The van der Waals surface area contributed by atoms with E-state index in [4.69, 9.17) is 0 Å². The molecule has 20 heavy (non-hydrogen) atoms. The number of aromatic nitrogens is 2. The minimum Gasteiger partial charge on any atom is -0.365 e. The van der Waals surface area contributed by atoms with Gasteiger partial charge in [-0.05, 0) is 22.3 Å². The second-order valence-corrected chi connectivity index (χ2v) is 6.07. The van der Waals surface area contributed by atoms with Crippen molar-refractivity contribution in [2.75, 3.05) is 5.32 Å². The Morgan fingerprint density at radius 1 is 1.20 bits per heavy atom. The number of thiophene rings is 1. The fraction of sp³-hybridized carbons (Fsp3) is 0.200. The van der Waals surface area contributed by atoms with E-state index in [0.717, 1.165) is 34.8 Å². The fourth-order valence-electron chi connectivity index (χ4n) is 2.06. The van der Waals surface area contributed by atoms with E-state index in [1.54, 1.807) is 11.3 Å². The summed E-state index contributed by atoms with van der Waals surface area (Å²) in [6.07, 6.45) is 0.848. The highest BCUT2D eigenvalue weighted by Crippen LogP contribution is 2.26. The molecule has 0 aliphatic carbocycles. The molecule has 3 rings (SSSR count). The molecule has 2 heterocycles. The van der Waals surface area contributed by atoms with Crippen LogP contribution in [0.4, 0.5) is 5.82 Å². The Labute approximate surface area is 124 Å². The van der Waals surface area contributed by atoms with E-state index >= 15 is 0 Å². The lowest BCUT2D eigenvalue weighted by molar-refractivity contribution is 0.956. The third-order valence-corrected chi connectivity index (χ3v) is 4.64. The SMILES string of the molecule is CCc1nc(NCc2ccccc2P)c2sccc2n1.